The van der Waals surface area contributed by atoms with Gasteiger partial charge in [0.05, 0.1) is 0 Å². The van der Waals surface area contributed by atoms with Gasteiger partial charge in [0.15, 0.2) is 0 Å². The van der Waals surface area contributed by atoms with E-state index in [2.05, 4.69) is 30.3 Å². The summed E-state index contributed by atoms with van der Waals surface area (Å²) < 4.78 is 11.4. The number of allylic oxidation sites excluding steroid dienone is 1. The van der Waals surface area contributed by atoms with Crippen molar-refractivity contribution in [1.82, 2.24) is 0 Å². The first-order chi connectivity index (χ1) is 8.36. The van der Waals surface area contributed by atoms with E-state index in [1.807, 2.05) is 13.8 Å². The van der Waals surface area contributed by atoms with E-state index in [-0.39, 0.29) is 7.12 Å². The fraction of sp³-hybridized carbons (Fsp3) is 0.429. The van der Waals surface area contributed by atoms with Gasteiger partial charge < -0.3 is 9.31 Å². The molecule has 2 rings (SSSR count). The van der Waals surface area contributed by atoms with Crippen molar-refractivity contribution >= 4 is 12.6 Å². The molecule has 1 aromatic carbocycles. The summed E-state index contributed by atoms with van der Waals surface area (Å²) >= 11 is 0. The van der Waals surface area contributed by atoms with Crippen LogP contribution in [-0.4, -0.2) is 20.3 Å². The van der Waals surface area contributed by atoms with E-state index in [4.69, 9.17) is 9.31 Å². The largest absolute Gasteiger partial charge is 0.494 e. The van der Waals surface area contributed by atoms with Crippen molar-refractivity contribution < 1.29 is 9.31 Å². The monoisotopic (exact) mass is 230 g/mol. The molecule has 0 heterocycles. The number of hydrogen-bond acceptors (Lipinski definition) is 2. The molecule has 0 aromatic heterocycles. The molecule has 90 valence electrons. The lowest BCUT2D eigenvalue weighted by molar-refractivity contribution is 0.226. The average Bonchev–Trinajstić information content (AvgIpc) is 2.38. The molecule has 0 amide bonds. The first-order valence-electron chi connectivity index (χ1n) is 6.38. The fourth-order valence-electron chi connectivity index (χ4n) is 2.27. The van der Waals surface area contributed by atoms with E-state index >= 15 is 0 Å². The van der Waals surface area contributed by atoms with Gasteiger partial charge in [0, 0.05) is 13.2 Å². The zero-order chi connectivity index (χ0) is 12.1. The highest BCUT2D eigenvalue weighted by Crippen LogP contribution is 2.28. The van der Waals surface area contributed by atoms with Crippen LogP contribution in [0.3, 0.4) is 0 Å². The van der Waals surface area contributed by atoms with Crippen LogP contribution < -0.4 is 0 Å². The zero-order valence-electron chi connectivity index (χ0n) is 10.6. The highest BCUT2D eigenvalue weighted by Gasteiger charge is 2.27. The van der Waals surface area contributed by atoms with Crippen molar-refractivity contribution in [3.63, 3.8) is 0 Å². The molecular formula is C14H19BO2. The van der Waals surface area contributed by atoms with Crippen LogP contribution in [0, 0.1) is 0 Å². The molecule has 1 aliphatic carbocycles. The Balaban J connectivity index is 2.27. The Morgan fingerprint density at radius 3 is 2.53 bits per heavy atom. The lowest BCUT2D eigenvalue weighted by atomic mass is 9.69. The third-order valence-electron chi connectivity index (χ3n) is 3.00. The molecule has 0 fully saturated rings. The van der Waals surface area contributed by atoms with Crippen molar-refractivity contribution in [2.24, 2.45) is 0 Å². The van der Waals surface area contributed by atoms with Crippen LogP contribution in [0.5, 0.6) is 0 Å². The number of fused-ring (bicyclic) bond motifs is 1. The Kier molecular flexibility index (Phi) is 4.40. The molecule has 17 heavy (non-hydrogen) atoms. The Labute approximate surface area is 104 Å². The molecule has 0 saturated carbocycles. The molecule has 0 atom stereocenters. The van der Waals surface area contributed by atoms with E-state index in [0.717, 1.165) is 12.8 Å². The Morgan fingerprint density at radius 2 is 1.82 bits per heavy atom. The first-order valence-corrected chi connectivity index (χ1v) is 6.38. The minimum absolute atomic E-state index is 0.216. The molecule has 0 saturated heterocycles. The van der Waals surface area contributed by atoms with Crippen LogP contribution in [0.1, 0.15) is 31.4 Å². The van der Waals surface area contributed by atoms with Gasteiger partial charge in [-0.05, 0) is 43.3 Å². The molecular weight excluding hydrogens is 211 g/mol. The SMILES string of the molecule is CCOB(OCC)C1=CCCc2ccccc21. The summed E-state index contributed by atoms with van der Waals surface area (Å²) in [5.74, 6) is 0. The second kappa shape index (κ2) is 6.03. The van der Waals surface area contributed by atoms with Crippen molar-refractivity contribution in [3.05, 3.63) is 41.5 Å². The van der Waals surface area contributed by atoms with E-state index in [1.165, 1.54) is 16.6 Å². The smallest absolute Gasteiger partial charge is 0.408 e. The minimum Gasteiger partial charge on any atom is -0.408 e. The van der Waals surface area contributed by atoms with Gasteiger partial charge in [-0.15, -0.1) is 0 Å². The van der Waals surface area contributed by atoms with Crippen molar-refractivity contribution in [2.45, 2.75) is 26.7 Å². The summed E-state index contributed by atoms with van der Waals surface area (Å²) in [7, 11) is -0.216. The van der Waals surface area contributed by atoms with E-state index in [1.54, 1.807) is 0 Å². The first kappa shape index (κ1) is 12.4. The number of rotatable bonds is 5. The standard InChI is InChI=1S/C14H19BO2/c1-3-16-15(17-4-2)14-11-7-9-12-8-5-6-10-13(12)14/h5-6,8,10-11H,3-4,7,9H2,1-2H3. The Bertz CT molecular complexity index is 395. The highest BCUT2D eigenvalue weighted by molar-refractivity contribution is 6.68. The van der Waals surface area contributed by atoms with Gasteiger partial charge in [-0.1, -0.05) is 30.3 Å². The van der Waals surface area contributed by atoms with Crippen molar-refractivity contribution in [2.75, 3.05) is 13.2 Å². The summed E-state index contributed by atoms with van der Waals surface area (Å²) in [6, 6.07) is 8.52. The van der Waals surface area contributed by atoms with Crippen LogP contribution >= 0.6 is 0 Å². The van der Waals surface area contributed by atoms with Gasteiger partial charge in [-0.25, -0.2) is 0 Å². The van der Waals surface area contributed by atoms with Crippen LogP contribution in [0.4, 0.5) is 0 Å². The van der Waals surface area contributed by atoms with E-state index in [0.29, 0.717) is 13.2 Å². The van der Waals surface area contributed by atoms with Gasteiger partial charge in [-0.2, -0.15) is 0 Å². The molecule has 0 spiro atoms. The molecule has 0 radical (unpaired) electrons. The molecule has 0 N–H and O–H groups in total. The average molecular weight is 230 g/mol. The summed E-state index contributed by atoms with van der Waals surface area (Å²) in [5, 5.41) is 0. The maximum absolute atomic E-state index is 5.69. The van der Waals surface area contributed by atoms with Gasteiger partial charge in [0.1, 0.15) is 0 Å². The third-order valence-corrected chi connectivity index (χ3v) is 3.00. The van der Waals surface area contributed by atoms with E-state index < -0.39 is 0 Å². The zero-order valence-corrected chi connectivity index (χ0v) is 10.6. The maximum Gasteiger partial charge on any atom is 0.494 e. The van der Waals surface area contributed by atoms with Crippen LogP contribution in [-0.2, 0) is 15.7 Å². The lowest BCUT2D eigenvalue weighted by Gasteiger charge is -2.22. The van der Waals surface area contributed by atoms with Gasteiger partial charge >= 0.3 is 7.12 Å². The minimum atomic E-state index is -0.216. The molecule has 0 unspecified atom stereocenters. The van der Waals surface area contributed by atoms with Gasteiger partial charge in [-0.3, -0.25) is 0 Å². The van der Waals surface area contributed by atoms with Crippen molar-refractivity contribution in [3.8, 4) is 0 Å². The number of hydrogen-bond donors (Lipinski definition) is 0. The quantitative estimate of drug-likeness (QED) is 0.723. The number of aryl methyl sites for hydroxylation is 1. The maximum atomic E-state index is 5.69. The predicted octanol–water partition coefficient (Wildman–Crippen LogP) is 3.12. The molecule has 0 bridgehead atoms. The lowest BCUT2D eigenvalue weighted by Crippen LogP contribution is -2.27. The normalized spacial score (nSPS) is 14.1. The fourth-order valence-corrected chi connectivity index (χ4v) is 2.27. The van der Waals surface area contributed by atoms with Crippen LogP contribution in [0.2, 0.25) is 0 Å². The number of benzene rings is 1. The second-order valence-electron chi connectivity index (χ2n) is 4.10. The Morgan fingerprint density at radius 1 is 1.12 bits per heavy atom. The van der Waals surface area contributed by atoms with Crippen LogP contribution in [0.15, 0.2) is 30.3 Å². The molecule has 3 heteroatoms. The summed E-state index contributed by atoms with van der Waals surface area (Å²) in [6.07, 6.45) is 4.44. The summed E-state index contributed by atoms with van der Waals surface area (Å²) in [6.45, 7) is 5.34. The molecule has 1 aliphatic rings. The molecule has 0 aliphatic heterocycles. The molecule has 1 aromatic rings. The molecule has 2 nitrogen and oxygen atoms in total. The highest BCUT2D eigenvalue weighted by atomic mass is 16.6. The van der Waals surface area contributed by atoms with Crippen molar-refractivity contribution in [1.29, 1.82) is 0 Å². The van der Waals surface area contributed by atoms with Gasteiger partial charge in [0.2, 0.25) is 0 Å². The predicted molar refractivity (Wildman–Crippen MR) is 71.7 cm³/mol. The second-order valence-corrected chi connectivity index (χ2v) is 4.10. The van der Waals surface area contributed by atoms with Crippen LogP contribution in [0.25, 0.3) is 5.47 Å². The summed E-state index contributed by atoms with van der Waals surface area (Å²) in [4.78, 5) is 0. The third kappa shape index (κ3) is 2.79. The van der Waals surface area contributed by atoms with E-state index in [9.17, 15) is 0 Å². The topological polar surface area (TPSA) is 18.5 Å². The summed E-state index contributed by atoms with van der Waals surface area (Å²) in [5.41, 5.74) is 3.87. The van der Waals surface area contributed by atoms with Gasteiger partial charge in [0.25, 0.3) is 0 Å². The Hall–Kier alpha value is -1.06.